The molecule has 1 aromatic carbocycles. The number of rotatable bonds is 4. The Morgan fingerprint density at radius 2 is 1.94 bits per heavy atom. The first kappa shape index (κ1) is 11.5. The van der Waals surface area contributed by atoms with Crippen LogP contribution in [-0.2, 0) is 6.54 Å². The summed E-state index contributed by atoms with van der Waals surface area (Å²) in [5, 5.41) is 9.49. The topological polar surface area (TPSA) is 36.4 Å². The maximum absolute atomic E-state index is 9.49. The van der Waals surface area contributed by atoms with E-state index in [0.29, 0.717) is 5.75 Å². The standard InChI is InChI=1S/C14H16N2O/c1-2-16(11-12-6-8-15-9-7-12)13-4-3-5-14(17)10-13/h3-10,17H,2,11H2,1H3. The average molecular weight is 228 g/mol. The Bertz CT molecular complexity index is 471. The van der Waals surface area contributed by atoms with Crippen LogP contribution in [0.15, 0.2) is 48.8 Å². The highest BCUT2D eigenvalue weighted by Gasteiger charge is 2.05. The fourth-order valence-electron chi connectivity index (χ4n) is 1.78. The smallest absolute Gasteiger partial charge is 0.117 e. The summed E-state index contributed by atoms with van der Waals surface area (Å²) in [6.07, 6.45) is 3.59. The number of pyridine rings is 1. The summed E-state index contributed by atoms with van der Waals surface area (Å²) in [4.78, 5) is 6.21. The minimum atomic E-state index is 0.302. The van der Waals surface area contributed by atoms with Crippen molar-refractivity contribution in [2.45, 2.75) is 13.5 Å². The van der Waals surface area contributed by atoms with Gasteiger partial charge in [0, 0.05) is 37.2 Å². The Hall–Kier alpha value is -2.03. The van der Waals surface area contributed by atoms with Gasteiger partial charge in [-0.25, -0.2) is 0 Å². The second kappa shape index (κ2) is 5.34. The molecule has 0 amide bonds. The molecule has 0 fully saturated rings. The lowest BCUT2D eigenvalue weighted by Crippen LogP contribution is -2.21. The van der Waals surface area contributed by atoms with Crippen LogP contribution < -0.4 is 4.90 Å². The minimum Gasteiger partial charge on any atom is -0.508 e. The molecule has 0 aliphatic rings. The fourth-order valence-corrected chi connectivity index (χ4v) is 1.78. The van der Waals surface area contributed by atoms with Gasteiger partial charge in [-0.2, -0.15) is 0 Å². The molecule has 1 N–H and O–H groups in total. The van der Waals surface area contributed by atoms with Crippen LogP contribution in [0.3, 0.4) is 0 Å². The lowest BCUT2D eigenvalue weighted by Gasteiger charge is -2.23. The SMILES string of the molecule is CCN(Cc1ccncc1)c1cccc(O)c1. The van der Waals surface area contributed by atoms with Gasteiger partial charge in [0.1, 0.15) is 5.75 Å². The van der Waals surface area contributed by atoms with Crippen molar-refractivity contribution in [3.8, 4) is 5.75 Å². The molecule has 0 atom stereocenters. The zero-order valence-corrected chi connectivity index (χ0v) is 9.87. The van der Waals surface area contributed by atoms with Gasteiger partial charge < -0.3 is 10.0 Å². The van der Waals surface area contributed by atoms with Crippen molar-refractivity contribution in [3.63, 3.8) is 0 Å². The van der Waals surface area contributed by atoms with E-state index in [-0.39, 0.29) is 0 Å². The first-order valence-corrected chi connectivity index (χ1v) is 5.72. The van der Waals surface area contributed by atoms with E-state index in [1.807, 2.05) is 24.3 Å². The Kier molecular flexibility index (Phi) is 3.60. The number of phenolic OH excluding ortho intramolecular Hbond substituents is 1. The second-order valence-electron chi connectivity index (χ2n) is 3.89. The van der Waals surface area contributed by atoms with Crippen molar-refractivity contribution >= 4 is 5.69 Å². The van der Waals surface area contributed by atoms with Gasteiger partial charge >= 0.3 is 0 Å². The molecule has 0 bridgehead atoms. The van der Waals surface area contributed by atoms with Gasteiger partial charge in [0.25, 0.3) is 0 Å². The van der Waals surface area contributed by atoms with Gasteiger partial charge in [-0.3, -0.25) is 4.98 Å². The summed E-state index contributed by atoms with van der Waals surface area (Å²) in [5.41, 5.74) is 2.24. The van der Waals surface area contributed by atoms with Gasteiger partial charge in [-0.1, -0.05) is 6.07 Å². The molecule has 0 radical (unpaired) electrons. The lowest BCUT2D eigenvalue weighted by atomic mass is 10.2. The maximum Gasteiger partial charge on any atom is 0.117 e. The van der Waals surface area contributed by atoms with Crippen molar-refractivity contribution in [1.82, 2.24) is 4.98 Å². The summed E-state index contributed by atoms with van der Waals surface area (Å²) in [6.45, 7) is 3.82. The molecule has 1 aromatic heterocycles. The Balaban J connectivity index is 2.17. The first-order valence-electron chi connectivity index (χ1n) is 5.72. The molecule has 0 aliphatic heterocycles. The third kappa shape index (κ3) is 2.97. The van der Waals surface area contributed by atoms with Gasteiger partial charge in [-0.05, 0) is 36.8 Å². The zero-order valence-electron chi connectivity index (χ0n) is 9.87. The highest BCUT2D eigenvalue weighted by Crippen LogP contribution is 2.21. The zero-order chi connectivity index (χ0) is 12.1. The van der Waals surface area contributed by atoms with E-state index in [4.69, 9.17) is 0 Å². The molecular formula is C14H16N2O. The normalized spacial score (nSPS) is 10.2. The fraction of sp³-hybridized carbons (Fsp3) is 0.214. The number of benzene rings is 1. The van der Waals surface area contributed by atoms with Crippen LogP contribution in [0.2, 0.25) is 0 Å². The third-order valence-electron chi connectivity index (χ3n) is 2.70. The second-order valence-corrected chi connectivity index (χ2v) is 3.89. The van der Waals surface area contributed by atoms with E-state index in [1.54, 1.807) is 24.5 Å². The number of aromatic nitrogens is 1. The van der Waals surface area contributed by atoms with Crippen LogP contribution in [0.4, 0.5) is 5.69 Å². The Morgan fingerprint density at radius 3 is 2.59 bits per heavy atom. The van der Waals surface area contributed by atoms with Gasteiger partial charge in [0.15, 0.2) is 0 Å². The molecule has 3 nitrogen and oxygen atoms in total. The molecule has 88 valence electrons. The average Bonchev–Trinajstić information content (AvgIpc) is 2.37. The van der Waals surface area contributed by atoms with E-state index in [1.165, 1.54) is 5.56 Å². The molecule has 0 saturated heterocycles. The lowest BCUT2D eigenvalue weighted by molar-refractivity contribution is 0.475. The van der Waals surface area contributed by atoms with E-state index >= 15 is 0 Å². The van der Waals surface area contributed by atoms with Crippen LogP contribution in [0.5, 0.6) is 5.75 Å². The van der Waals surface area contributed by atoms with Crippen LogP contribution in [-0.4, -0.2) is 16.6 Å². The highest BCUT2D eigenvalue weighted by atomic mass is 16.3. The predicted molar refractivity (Wildman–Crippen MR) is 69.1 cm³/mol. The molecular weight excluding hydrogens is 212 g/mol. The van der Waals surface area contributed by atoms with E-state index in [9.17, 15) is 5.11 Å². The van der Waals surface area contributed by atoms with Gasteiger partial charge in [-0.15, -0.1) is 0 Å². The number of aromatic hydroxyl groups is 1. The molecule has 0 aliphatic carbocycles. The van der Waals surface area contributed by atoms with Crippen LogP contribution in [0.25, 0.3) is 0 Å². The number of nitrogens with zero attached hydrogens (tertiary/aromatic N) is 2. The number of hydrogen-bond donors (Lipinski definition) is 1. The molecule has 0 spiro atoms. The summed E-state index contributed by atoms with van der Waals surface area (Å²) in [5.74, 6) is 0.302. The van der Waals surface area contributed by atoms with E-state index in [0.717, 1.165) is 18.8 Å². The van der Waals surface area contributed by atoms with Crippen molar-refractivity contribution in [2.75, 3.05) is 11.4 Å². The van der Waals surface area contributed by atoms with Gasteiger partial charge in [0.05, 0.1) is 0 Å². The van der Waals surface area contributed by atoms with Crippen LogP contribution in [0, 0.1) is 0 Å². The van der Waals surface area contributed by atoms with Crippen molar-refractivity contribution in [3.05, 3.63) is 54.4 Å². The number of phenols is 1. The minimum absolute atomic E-state index is 0.302. The first-order chi connectivity index (χ1) is 8.29. The van der Waals surface area contributed by atoms with Gasteiger partial charge in [0.2, 0.25) is 0 Å². The molecule has 2 aromatic rings. The molecule has 1 heterocycles. The monoisotopic (exact) mass is 228 g/mol. The van der Waals surface area contributed by atoms with E-state index < -0.39 is 0 Å². The molecule has 0 saturated carbocycles. The van der Waals surface area contributed by atoms with Crippen LogP contribution in [0.1, 0.15) is 12.5 Å². The van der Waals surface area contributed by atoms with Crippen molar-refractivity contribution < 1.29 is 5.11 Å². The molecule has 17 heavy (non-hydrogen) atoms. The maximum atomic E-state index is 9.49. The van der Waals surface area contributed by atoms with Crippen LogP contribution >= 0.6 is 0 Å². The summed E-state index contributed by atoms with van der Waals surface area (Å²) >= 11 is 0. The molecule has 0 unspecified atom stereocenters. The summed E-state index contributed by atoms with van der Waals surface area (Å²) in [6, 6.07) is 11.3. The summed E-state index contributed by atoms with van der Waals surface area (Å²) in [7, 11) is 0. The van der Waals surface area contributed by atoms with E-state index in [2.05, 4.69) is 16.8 Å². The van der Waals surface area contributed by atoms with Crippen molar-refractivity contribution in [2.24, 2.45) is 0 Å². The Labute approximate surface area is 101 Å². The Morgan fingerprint density at radius 1 is 1.18 bits per heavy atom. The highest BCUT2D eigenvalue weighted by molar-refractivity contribution is 5.50. The molecule has 3 heteroatoms. The summed E-state index contributed by atoms with van der Waals surface area (Å²) < 4.78 is 0. The van der Waals surface area contributed by atoms with Crippen molar-refractivity contribution in [1.29, 1.82) is 0 Å². The largest absolute Gasteiger partial charge is 0.508 e. The third-order valence-corrected chi connectivity index (χ3v) is 2.70. The quantitative estimate of drug-likeness (QED) is 0.874. The number of hydrogen-bond acceptors (Lipinski definition) is 3. The molecule has 2 rings (SSSR count). The number of anilines is 1. The predicted octanol–water partition coefficient (Wildman–Crippen LogP) is 2.81.